The van der Waals surface area contributed by atoms with Crippen LogP contribution in [0.25, 0.3) is 0 Å². The fourth-order valence-electron chi connectivity index (χ4n) is 3.06. The normalized spacial score (nSPS) is 25.6. The molecule has 0 aliphatic heterocycles. The van der Waals surface area contributed by atoms with Crippen molar-refractivity contribution in [2.24, 2.45) is 5.92 Å². The van der Waals surface area contributed by atoms with Crippen LogP contribution in [-0.2, 0) is 19.8 Å². The zero-order valence-electron chi connectivity index (χ0n) is 10.8. The van der Waals surface area contributed by atoms with Gasteiger partial charge in [0, 0.05) is 23.7 Å². The molecule has 0 heterocycles. The highest BCUT2D eigenvalue weighted by Gasteiger charge is 2.49. The van der Waals surface area contributed by atoms with Gasteiger partial charge in [0.1, 0.15) is 5.78 Å². The summed E-state index contributed by atoms with van der Waals surface area (Å²) in [5.74, 6) is -3.70. The summed E-state index contributed by atoms with van der Waals surface area (Å²) in [6.07, 6.45) is -0.0984. The Morgan fingerprint density at radius 2 is 1.85 bits per heavy atom. The Kier molecular flexibility index (Phi) is 3.88. The van der Waals surface area contributed by atoms with Crippen LogP contribution in [0.4, 0.5) is 0 Å². The van der Waals surface area contributed by atoms with Crippen LogP contribution >= 0.6 is 0 Å². The lowest BCUT2D eigenvalue weighted by molar-refractivity contribution is -0.316. The van der Waals surface area contributed by atoms with Crippen LogP contribution in [0.2, 0.25) is 0 Å². The molecule has 0 aromatic heterocycles. The topological polar surface area (TPSA) is 97.3 Å². The predicted molar refractivity (Wildman–Crippen MR) is 65.1 cm³/mol. The molecule has 1 fully saturated rings. The SMILES string of the molecule is O=C([O-])CCC1C(=O)CCC1(C(=O)[O-])c1ccccc1. The molecule has 0 N–H and O–H groups in total. The van der Waals surface area contributed by atoms with Crippen LogP contribution in [0.3, 0.4) is 0 Å². The molecule has 5 nitrogen and oxygen atoms in total. The van der Waals surface area contributed by atoms with E-state index in [0.29, 0.717) is 5.56 Å². The molecule has 0 bridgehead atoms. The van der Waals surface area contributed by atoms with Gasteiger partial charge in [0.15, 0.2) is 0 Å². The van der Waals surface area contributed by atoms with Gasteiger partial charge in [-0.1, -0.05) is 30.3 Å². The van der Waals surface area contributed by atoms with Crippen molar-refractivity contribution in [2.75, 3.05) is 0 Å². The van der Waals surface area contributed by atoms with E-state index in [2.05, 4.69) is 0 Å². The smallest absolute Gasteiger partial charge is 0.137 e. The first-order chi connectivity index (χ1) is 9.48. The lowest BCUT2D eigenvalue weighted by atomic mass is 9.70. The molecule has 2 rings (SSSR count). The van der Waals surface area contributed by atoms with Crippen molar-refractivity contribution in [3.8, 4) is 0 Å². The predicted octanol–water partition coefficient (Wildman–Crippen LogP) is -0.816. The maximum atomic E-state index is 12.0. The van der Waals surface area contributed by atoms with E-state index in [-0.39, 0.29) is 31.5 Å². The lowest BCUT2D eigenvalue weighted by Gasteiger charge is -2.36. The van der Waals surface area contributed by atoms with Gasteiger partial charge in [-0.2, -0.15) is 0 Å². The summed E-state index contributed by atoms with van der Waals surface area (Å²) < 4.78 is 0. The van der Waals surface area contributed by atoms with E-state index < -0.39 is 23.3 Å². The summed E-state index contributed by atoms with van der Waals surface area (Å²) in [4.78, 5) is 34.3. The molecule has 0 spiro atoms. The van der Waals surface area contributed by atoms with Crippen LogP contribution in [0, 0.1) is 5.92 Å². The fourth-order valence-corrected chi connectivity index (χ4v) is 3.06. The van der Waals surface area contributed by atoms with E-state index in [1.54, 1.807) is 30.3 Å². The fraction of sp³-hybridized carbons (Fsp3) is 0.400. The Morgan fingerprint density at radius 3 is 2.40 bits per heavy atom. The van der Waals surface area contributed by atoms with E-state index >= 15 is 0 Å². The number of rotatable bonds is 5. The van der Waals surface area contributed by atoms with Gasteiger partial charge < -0.3 is 19.8 Å². The third-order valence-electron chi connectivity index (χ3n) is 4.04. The number of aliphatic carboxylic acids is 2. The van der Waals surface area contributed by atoms with Crippen LogP contribution < -0.4 is 10.2 Å². The van der Waals surface area contributed by atoms with Crippen molar-refractivity contribution < 1.29 is 24.6 Å². The van der Waals surface area contributed by atoms with Crippen LogP contribution in [0.5, 0.6) is 0 Å². The second-order valence-electron chi connectivity index (χ2n) is 5.05. The zero-order valence-corrected chi connectivity index (χ0v) is 10.8. The molecule has 20 heavy (non-hydrogen) atoms. The molecule has 0 radical (unpaired) electrons. The monoisotopic (exact) mass is 274 g/mol. The number of Topliss-reactive ketones (excluding diaryl/α,β-unsaturated/α-hetero) is 1. The van der Waals surface area contributed by atoms with Crippen LogP contribution in [-0.4, -0.2) is 17.7 Å². The molecule has 2 atom stereocenters. The van der Waals surface area contributed by atoms with Gasteiger partial charge in [-0.25, -0.2) is 0 Å². The molecule has 1 aromatic rings. The highest BCUT2D eigenvalue weighted by Crippen LogP contribution is 2.45. The van der Waals surface area contributed by atoms with Gasteiger partial charge in [0.05, 0.1) is 5.97 Å². The van der Waals surface area contributed by atoms with E-state index in [1.165, 1.54) is 0 Å². The number of benzene rings is 1. The van der Waals surface area contributed by atoms with Gasteiger partial charge in [-0.05, 0) is 24.8 Å². The number of carboxylic acid groups (broad SMARTS) is 2. The molecule has 1 aliphatic rings. The highest BCUT2D eigenvalue weighted by molar-refractivity contribution is 5.95. The van der Waals surface area contributed by atoms with Crippen molar-refractivity contribution in [3.05, 3.63) is 35.9 Å². The van der Waals surface area contributed by atoms with Crippen LogP contribution in [0.1, 0.15) is 31.2 Å². The van der Waals surface area contributed by atoms with Crippen LogP contribution in [0.15, 0.2) is 30.3 Å². The average Bonchev–Trinajstić information content (AvgIpc) is 2.75. The average molecular weight is 274 g/mol. The quantitative estimate of drug-likeness (QED) is 0.699. The lowest BCUT2D eigenvalue weighted by Crippen LogP contribution is -2.49. The van der Waals surface area contributed by atoms with Crippen molar-refractivity contribution in [1.29, 1.82) is 0 Å². The Balaban J connectivity index is 2.42. The Bertz CT molecular complexity index is 536. The molecule has 0 amide bonds. The van der Waals surface area contributed by atoms with Crippen molar-refractivity contribution >= 4 is 17.7 Å². The minimum absolute atomic E-state index is 0.0377. The summed E-state index contributed by atoms with van der Waals surface area (Å²) in [6.45, 7) is 0. The van der Waals surface area contributed by atoms with E-state index in [1.807, 2.05) is 0 Å². The number of carboxylic acids is 2. The number of ketones is 1. The number of carbonyl (C=O) groups is 3. The van der Waals surface area contributed by atoms with E-state index in [0.717, 1.165) is 0 Å². The number of hydrogen-bond donors (Lipinski definition) is 0. The Morgan fingerprint density at radius 1 is 1.20 bits per heavy atom. The molecule has 5 heteroatoms. The number of carbonyl (C=O) groups excluding carboxylic acids is 3. The third-order valence-corrected chi connectivity index (χ3v) is 4.04. The second kappa shape index (κ2) is 5.45. The molecule has 1 saturated carbocycles. The second-order valence-corrected chi connectivity index (χ2v) is 5.05. The first-order valence-electron chi connectivity index (χ1n) is 6.48. The van der Waals surface area contributed by atoms with Crippen molar-refractivity contribution in [2.45, 2.75) is 31.1 Å². The van der Waals surface area contributed by atoms with Gasteiger partial charge >= 0.3 is 0 Å². The molecular formula is C15H14O5-2. The largest absolute Gasteiger partial charge is 0.550 e. The van der Waals surface area contributed by atoms with Gasteiger partial charge in [0.25, 0.3) is 0 Å². The summed E-state index contributed by atoms with van der Waals surface area (Å²) in [7, 11) is 0. The highest BCUT2D eigenvalue weighted by atomic mass is 16.4. The molecule has 1 aliphatic carbocycles. The maximum absolute atomic E-state index is 12.0. The summed E-state index contributed by atoms with van der Waals surface area (Å²) in [5.41, 5.74) is -0.928. The minimum atomic E-state index is -1.42. The minimum Gasteiger partial charge on any atom is -0.550 e. The molecule has 0 saturated heterocycles. The number of hydrogen-bond acceptors (Lipinski definition) is 5. The first-order valence-corrected chi connectivity index (χ1v) is 6.48. The van der Waals surface area contributed by atoms with Crippen molar-refractivity contribution in [1.82, 2.24) is 0 Å². The summed E-state index contributed by atoms with van der Waals surface area (Å²) in [6, 6.07) is 8.41. The molecule has 1 aromatic carbocycles. The van der Waals surface area contributed by atoms with E-state index in [4.69, 9.17) is 0 Å². The first kappa shape index (κ1) is 14.2. The van der Waals surface area contributed by atoms with Gasteiger partial charge in [-0.3, -0.25) is 4.79 Å². The standard InChI is InChI=1S/C15H16O5/c16-12-8-9-15(14(19)20,10-4-2-1-3-5-10)11(12)6-7-13(17)18/h1-5,11H,6-9H2,(H,17,18)(H,19,20)/p-2. The summed E-state index contributed by atoms with van der Waals surface area (Å²) in [5, 5.41) is 22.3. The Labute approximate surface area is 116 Å². The molecule has 106 valence electrons. The molecular weight excluding hydrogens is 260 g/mol. The van der Waals surface area contributed by atoms with Gasteiger partial charge in [-0.15, -0.1) is 0 Å². The van der Waals surface area contributed by atoms with Crippen molar-refractivity contribution in [3.63, 3.8) is 0 Å². The Hall–Kier alpha value is -2.17. The zero-order chi connectivity index (χ0) is 14.8. The molecule has 2 unspecified atom stereocenters. The van der Waals surface area contributed by atoms with E-state index in [9.17, 15) is 24.6 Å². The maximum Gasteiger partial charge on any atom is 0.137 e. The third kappa shape index (κ3) is 2.31. The van der Waals surface area contributed by atoms with Gasteiger partial charge in [0.2, 0.25) is 0 Å². The summed E-state index contributed by atoms with van der Waals surface area (Å²) >= 11 is 0.